The number of hydrogen-bond donors (Lipinski definition) is 5. The van der Waals surface area contributed by atoms with Crippen molar-refractivity contribution in [3.05, 3.63) is 53.5 Å². The van der Waals surface area contributed by atoms with E-state index in [1.807, 2.05) is 35.9 Å². The molecular formula is C20H20N6O2S2. The number of carbonyl (C=O) groups excluding carboxylic acids is 1. The molecule has 5 N–H and O–H groups in total. The van der Waals surface area contributed by atoms with Gasteiger partial charge in [0.05, 0.1) is 22.3 Å². The van der Waals surface area contributed by atoms with Gasteiger partial charge in [0.25, 0.3) is 5.91 Å². The Morgan fingerprint density at radius 1 is 1.23 bits per heavy atom. The maximum atomic E-state index is 12.7. The minimum Gasteiger partial charge on any atom is -0.506 e. The summed E-state index contributed by atoms with van der Waals surface area (Å²) in [4.78, 5) is 25.6. The Bertz CT molecular complexity index is 1140. The molecule has 0 radical (unpaired) electrons. The second kappa shape index (κ2) is 9.06. The van der Waals surface area contributed by atoms with E-state index in [0.29, 0.717) is 35.5 Å². The lowest BCUT2D eigenvalue weighted by molar-refractivity contribution is 0.0956. The molecule has 30 heavy (non-hydrogen) atoms. The van der Waals surface area contributed by atoms with Crippen molar-refractivity contribution in [2.45, 2.75) is 0 Å². The number of pyridine rings is 1. The number of hydrogen-bond acceptors (Lipinski definition) is 8. The quantitative estimate of drug-likeness (QED) is 0.208. The summed E-state index contributed by atoms with van der Waals surface area (Å²) >= 11 is 3.04. The lowest BCUT2D eigenvalue weighted by atomic mass is 10.1. The van der Waals surface area contributed by atoms with E-state index in [-0.39, 0.29) is 11.7 Å². The van der Waals surface area contributed by atoms with E-state index < -0.39 is 0 Å². The fraction of sp³-hybridized carbons (Fsp3) is 0.150. The summed E-state index contributed by atoms with van der Waals surface area (Å²) in [5.74, 6) is 1.17. The molecule has 0 aliphatic heterocycles. The normalized spacial score (nSPS) is 10.8. The molecule has 1 aromatic carbocycles. The van der Waals surface area contributed by atoms with Crippen molar-refractivity contribution in [2.24, 2.45) is 0 Å². The summed E-state index contributed by atoms with van der Waals surface area (Å²) in [6.45, 7) is 0.937. The SMILES string of the molecule is CSNc1ccc(NCCNC(=O)c2ccc(O)c3[nH]c(-c4cccs4)nc23)nc1. The van der Waals surface area contributed by atoms with E-state index in [4.69, 9.17) is 0 Å². The Morgan fingerprint density at radius 3 is 2.87 bits per heavy atom. The third kappa shape index (κ3) is 4.34. The number of thiophene rings is 1. The highest BCUT2D eigenvalue weighted by molar-refractivity contribution is 7.99. The predicted octanol–water partition coefficient (Wildman–Crippen LogP) is 3.92. The molecule has 3 aromatic heterocycles. The predicted molar refractivity (Wildman–Crippen MR) is 123 cm³/mol. The highest BCUT2D eigenvalue weighted by atomic mass is 32.2. The average molecular weight is 441 g/mol. The summed E-state index contributed by atoms with van der Waals surface area (Å²) in [7, 11) is 0. The molecule has 8 nitrogen and oxygen atoms in total. The minimum atomic E-state index is -0.251. The number of phenolic OH excluding ortho intramolecular Hbond substituents is 1. The summed E-state index contributed by atoms with van der Waals surface area (Å²) in [5.41, 5.74) is 2.24. The van der Waals surface area contributed by atoms with Crippen LogP contribution in [-0.2, 0) is 0 Å². The highest BCUT2D eigenvalue weighted by Crippen LogP contribution is 2.30. The van der Waals surface area contributed by atoms with Gasteiger partial charge in [-0.05, 0) is 35.7 Å². The Balaban J connectivity index is 1.40. The van der Waals surface area contributed by atoms with Gasteiger partial charge < -0.3 is 25.4 Å². The monoisotopic (exact) mass is 440 g/mol. The molecular weight excluding hydrogens is 420 g/mol. The van der Waals surface area contributed by atoms with Crippen molar-refractivity contribution in [2.75, 3.05) is 29.4 Å². The van der Waals surface area contributed by atoms with Gasteiger partial charge in [0.2, 0.25) is 0 Å². The van der Waals surface area contributed by atoms with Crippen LogP contribution in [0.4, 0.5) is 11.5 Å². The standard InChI is InChI=1S/C20H20N6O2S2/c1-29-26-12-4-7-16(23-11-12)21-8-9-22-20(28)13-5-6-14(27)18-17(13)24-19(25-18)15-3-2-10-30-15/h2-7,10-11,26-27H,8-9H2,1H3,(H,21,23)(H,22,28)(H,24,25). The first-order valence-electron chi connectivity index (χ1n) is 9.18. The maximum Gasteiger partial charge on any atom is 0.253 e. The van der Waals surface area contributed by atoms with Gasteiger partial charge in [-0.25, -0.2) is 9.97 Å². The van der Waals surface area contributed by atoms with Gasteiger partial charge in [0, 0.05) is 19.3 Å². The van der Waals surface area contributed by atoms with Gasteiger partial charge in [0.1, 0.15) is 28.4 Å². The molecule has 154 valence electrons. The zero-order valence-corrected chi connectivity index (χ0v) is 17.7. The van der Waals surface area contributed by atoms with Crippen LogP contribution in [0.25, 0.3) is 21.7 Å². The number of phenols is 1. The van der Waals surface area contributed by atoms with Crippen molar-refractivity contribution in [3.63, 3.8) is 0 Å². The van der Waals surface area contributed by atoms with E-state index in [9.17, 15) is 9.90 Å². The fourth-order valence-electron chi connectivity index (χ4n) is 2.93. The smallest absolute Gasteiger partial charge is 0.253 e. The van der Waals surface area contributed by atoms with Crippen LogP contribution in [0.5, 0.6) is 5.75 Å². The number of aromatic amines is 1. The van der Waals surface area contributed by atoms with Crippen molar-refractivity contribution in [3.8, 4) is 16.5 Å². The number of aromatic nitrogens is 3. The molecule has 0 spiro atoms. The lowest BCUT2D eigenvalue weighted by Gasteiger charge is -2.09. The first kappa shape index (κ1) is 20.0. The molecule has 3 heterocycles. The van der Waals surface area contributed by atoms with E-state index in [0.717, 1.165) is 16.4 Å². The highest BCUT2D eigenvalue weighted by Gasteiger charge is 2.17. The van der Waals surface area contributed by atoms with Gasteiger partial charge in [-0.2, -0.15) is 0 Å². The van der Waals surface area contributed by atoms with E-state index >= 15 is 0 Å². The zero-order valence-electron chi connectivity index (χ0n) is 16.1. The number of anilines is 2. The lowest BCUT2D eigenvalue weighted by Crippen LogP contribution is -2.29. The zero-order chi connectivity index (χ0) is 20.9. The molecule has 0 fully saturated rings. The van der Waals surface area contributed by atoms with Gasteiger partial charge in [0.15, 0.2) is 0 Å². The number of imidazole rings is 1. The van der Waals surface area contributed by atoms with Gasteiger partial charge in [-0.1, -0.05) is 18.0 Å². The Kier molecular flexibility index (Phi) is 6.05. The molecule has 0 saturated carbocycles. The van der Waals surface area contributed by atoms with E-state index in [2.05, 4.69) is 30.3 Å². The molecule has 0 saturated heterocycles. The van der Waals surface area contributed by atoms with Crippen LogP contribution in [0, 0.1) is 0 Å². The van der Waals surface area contributed by atoms with Gasteiger partial charge in [-0.15, -0.1) is 11.3 Å². The molecule has 1 amide bonds. The molecule has 0 bridgehead atoms. The largest absolute Gasteiger partial charge is 0.506 e. The number of nitrogens with zero attached hydrogens (tertiary/aromatic N) is 2. The second-order valence-corrected chi connectivity index (χ2v) is 7.90. The Labute approximate surface area is 181 Å². The number of aromatic hydroxyl groups is 1. The minimum absolute atomic E-state index is 0.0593. The Morgan fingerprint density at radius 2 is 2.13 bits per heavy atom. The van der Waals surface area contributed by atoms with Crippen molar-refractivity contribution >= 4 is 51.7 Å². The number of fused-ring (bicyclic) bond motifs is 1. The van der Waals surface area contributed by atoms with Crippen LogP contribution >= 0.6 is 23.3 Å². The fourth-order valence-corrected chi connectivity index (χ4v) is 3.96. The molecule has 4 rings (SSSR count). The van der Waals surface area contributed by atoms with Crippen molar-refractivity contribution in [1.82, 2.24) is 20.3 Å². The van der Waals surface area contributed by atoms with E-state index in [1.54, 1.807) is 12.3 Å². The first-order chi connectivity index (χ1) is 14.7. The number of rotatable bonds is 8. The van der Waals surface area contributed by atoms with Crippen molar-refractivity contribution in [1.29, 1.82) is 0 Å². The molecule has 0 unspecified atom stereocenters. The molecule has 4 aromatic rings. The summed E-state index contributed by atoms with van der Waals surface area (Å²) in [6.07, 6.45) is 3.69. The number of amides is 1. The van der Waals surface area contributed by atoms with Crippen LogP contribution in [0.2, 0.25) is 0 Å². The number of nitrogens with one attached hydrogen (secondary N) is 4. The first-order valence-corrected chi connectivity index (χ1v) is 11.3. The number of H-pyrrole nitrogens is 1. The summed E-state index contributed by atoms with van der Waals surface area (Å²) in [6, 6.07) is 10.7. The van der Waals surface area contributed by atoms with Crippen LogP contribution in [0.15, 0.2) is 48.0 Å². The number of benzene rings is 1. The molecule has 10 heteroatoms. The molecule has 0 atom stereocenters. The van der Waals surface area contributed by atoms with Crippen molar-refractivity contribution < 1.29 is 9.90 Å². The van der Waals surface area contributed by atoms with Crippen LogP contribution < -0.4 is 15.4 Å². The molecule has 0 aliphatic carbocycles. The van der Waals surface area contributed by atoms with Gasteiger partial charge in [-0.3, -0.25) is 4.79 Å². The third-order valence-electron chi connectivity index (χ3n) is 4.32. The maximum absolute atomic E-state index is 12.7. The van der Waals surface area contributed by atoms with E-state index in [1.165, 1.54) is 29.4 Å². The van der Waals surface area contributed by atoms with Crippen LogP contribution in [0.1, 0.15) is 10.4 Å². The molecule has 0 aliphatic rings. The summed E-state index contributed by atoms with van der Waals surface area (Å²) in [5, 5.41) is 18.2. The Hall–Kier alpha value is -3.24. The topological polar surface area (TPSA) is 115 Å². The summed E-state index contributed by atoms with van der Waals surface area (Å²) < 4.78 is 3.11. The van der Waals surface area contributed by atoms with Gasteiger partial charge >= 0.3 is 0 Å². The average Bonchev–Trinajstić information content (AvgIpc) is 3.43. The van der Waals surface area contributed by atoms with Crippen LogP contribution in [0.3, 0.4) is 0 Å². The van der Waals surface area contributed by atoms with Crippen LogP contribution in [-0.4, -0.2) is 45.3 Å². The second-order valence-electron chi connectivity index (χ2n) is 6.34. The third-order valence-corrected chi connectivity index (χ3v) is 5.64. The number of carbonyl (C=O) groups is 1.